The number of ether oxygens (including phenoxy) is 2. The lowest BCUT2D eigenvalue weighted by atomic mass is 10.1. The lowest BCUT2D eigenvalue weighted by Crippen LogP contribution is -2.38. The van der Waals surface area contributed by atoms with Crippen molar-refractivity contribution < 1.29 is 9.47 Å². The van der Waals surface area contributed by atoms with Crippen LogP contribution in [0.3, 0.4) is 0 Å². The Hall–Kier alpha value is -2.24. The van der Waals surface area contributed by atoms with Crippen molar-refractivity contribution >= 4 is 21.8 Å². The molecule has 0 unspecified atom stereocenters. The molecule has 0 spiro atoms. The highest BCUT2D eigenvalue weighted by molar-refractivity contribution is 6.08. The van der Waals surface area contributed by atoms with Crippen molar-refractivity contribution in [3.63, 3.8) is 0 Å². The first-order valence-corrected chi connectivity index (χ1v) is 11.5. The Kier molecular flexibility index (Phi) is 5.82. The van der Waals surface area contributed by atoms with Gasteiger partial charge in [0.1, 0.15) is 11.5 Å². The number of hydrogen-bond acceptors (Lipinski definition) is 4. The van der Waals surface area contributed by atoms with Gasteiger partial charge in [-0.1, -0.05) is 0 Å². The third-order valence-corrected chi connectivity index (χ3v) is 6.62. The number of benzene rings is 2. The van der Waals surface area contributed by atoms with E-state index in [9.17, 15) is 0 Å². The van der Waals surface area contributed by atoms with Crippen molar-refractivity contribution in [1.82, 2.24) is 14.4 Å². The van der Waals surface area contributed by atoms with Crippen molar-refractivity contribution in [2.45, 2.75) is 25.7 Å². The molecule has 3 aromatic rings. The molecule has 1 aromatic heterocycles. The van der Waals surface area contributed by atoms with Crippen molar-refractivity contribution in [2.24, 2.45) is 7.05 Å². The van der Waals surface area contributed by atoms with Crippen molar-refractivity contribution in [3.05, 3.63) is 36.4 Å². The van der Waals surface area contributed by atoms with E-state index in [0.29, 0.717) is 0 Å². The Balaban J connectivity index is 1.26. The average Bonchev–Trinajstić information content (AvgIpc) is 2.96. The topological polar surface area (TPSA) is 29.9 Å². The fourth-order valence-electron chi connectivity index (χ4n) is 4.52. The van der Waals surface area contributed by atoms with Gasteiger partial charge < -0.3 is 23.8 Å². The summed E-state index contributed by atoms with van der Waals surface area (Å²) in [5.74, 6) is 1.92. The molecule has 0 atom stereocenters. The number of aromatic nitrogens is 1. The zero-order valence-electron chi connectivity index (χ0n) is 18.1. The van der Waals surface area contributed by atoms with Gasteiger partial charge >= 0.3 is 0 Å². The monoisotopic (exact) mass is 407 g/mol. The lowest BCUT2D eigenvalue weighted by molar-refractivity contribution is 0.165. The van der Waals surface area contributed by atoms with Gasteiger partial charge in [-0.2, -0.15) is 0 Å². The minimum atomic E-state index is 0.776. The number of likely N-dealkylation sites (tertiary alicyclic amines) is 2. The molecule has 5 rings (SSSR count). The molecule has 5 nitrogen and oxygen atoms in total. The Morgan fingerprint density at radius 3 is 1.57 bits per heavy atom. The lowest BCUT2D eigenvalue weighted by Gasteiger charge is -2.30. The highest BCUT2D eigenvalue weighted by Gasteiger charge is 2.14. The molecule has 160 valence electrons. The van der Waals surface area contributed by atoms with E-state index in [4.69, 9.17) is 9.47 Å². The quantitative estimate of drug-likeness (QED) is 0.469. The van der Waals surface area contributed by atoms with Crippen LogP contribution in [0.25, 0.3) is 21.8 Å². The number of aryl methyl sites for hydroxylation is 1. The molecule has 0 saturated carbocycles. The van der Waals surface area contributed by atoms with Crippen molar-refractivity contribution in [2.75, 3.05) is 52.5 Å². The molecule has 5 heteroatoms. The minimum Gasteiger partial charge on any atom is -0.494 e. The predicted molar refractivity (Wildman–Crippen MR) is 123 cm³/mol. The number of fused-ring (bicyclic) bond motifs is 3. The fourth-order valence-corrected chi connectivity index (χ4v) is 4.52. The van der Waals surface area contributed by atoms with Crippen molar-refractivity contribution in [3.8, 4) is 11.5 Å². The van der Waals surface area contributed by atoms with Crippen LogP contribution in [0.5, 0.6) is 11.5 Å². The van der Waals surface area contributed by atoms with E-state index in [1.54, 1.807) is 0 Å². The van der Waals surface area contributed by atoms with E-state index in [1.165, 1.54) is 60.8 Å². The Bertz CT molecular complexity index is 925. The van der Waals surface area contributed by atoms with Gasteiger partial charge in [0.2, 0.25) is 0 Å². The molecule has 0 bridgehead atoms. The number of nitrogens with zero attached hydrogens (tertiary/aromatic N) is 3. The fraction of sp³-hybridized carbons (Fsp3) is 0.520. The molecule has 0 amide bonds. The SMILES string of the molecule is Cn1c2ccc(OCCCN3CCC3)cc2c2cc(OCCCN3CCC3)ccc21. The van der Waals surface area contributed by atoms with E-state index in [1.807, 2.05) is 0 Å². The molecule has 2 aromatic carbocycles. The van der Waals surface area contributed by atoms with E-state index < -0.39 is 0 Å². The molecule has 2 fully saturated rings. The molecule has 2 aliphatic rings. The van der Waals surface area contributed by atoms with Crippen LogP contribution < -0.4 is 9.47 Å². The summed E-state index contributed by atoms with van der Waals surface area (Å²) in [7, 11) is 2.13. The van der Waals surface area contributed by atoms with E-state index in [2.05, 4.69) is 57.8 Å². The summed E-state index contributed by atoms with van der Waals surface area (Å²) >= 11 is 0. The van der Waals surface area contributed by atoms with Crippen molar-refractivity contribution in [1.29, 1.82) is 0 Å². The minimum absolute atomic E-state index is 0.776. The van der Waals surface area contributed by atoms with Gasteiger partial charge in [0, 0.05) is 41.9 Å². The maximum absolute atomic E-state index is 6.07. The molecule has 0 N–H and O–H groups in total. The van der Waals surface area contributed by atoms with Crippen LogP contribution in [0.15, 0.2) is 36.4 Å². The molecular formula is C25H33N3O2. The summed E-state index contributed by atoms with van der Waals surface area (Å²) in [5, 5.41) is 2.47. The first kappa shape index (κ1) is 19.7. The number of hydrogen-bond donors (Lipinski definition) is 0. The smallest absolute Gasteiger partial charge is 0.120 e. The Morgan fingerprint density at radius 1 is 0.700 bits per heavy atom. The van der Waals surface area contributed by atoms with Gasteiger partial charge in [-0.25, -0.2) is 0 Å². The zero-order chi connectivity index (χ0) is 20.3. The highest BCUT2D eigenvalue weighted by Crippen LogP contribution is 2.33. The maximum Gasteiger partial charge on any atom is 0.120 e. The summed E-state index contributed by atoms with van der Waals surface area (Å²) in [4.78, 5) is 4.98. The summed E-state index contributed by atoms with van der Waals surface area (Å²) in [6, 6.07) is 12.9. The molecule has 2 saturated heterocycles. The van der Waals surface area contributed by atoms with Crippen LogP contribution in [-0.2, 0) is 7.05 Å². The van der Waals surface area contributed by atoms with Gasteiger partial charge in [0.25, 0.3) is 0 Å². The molecule has 2 aliphatic heterocycles. The first-order valence-electron chi connectivity index (χ1n) is 11.5. The Labute approximate surface area is 179 Å². The van der Waals surface area contributed by atoms with E-state index in [-0.39, 0.29) is 0 Å². The van der Waals surface area contributed by atoms with Crippen LogP contribution in [0.4, 0.5) is 0 Å². The van der Waals surface area contributed by atoms with Crippen LogP contribution in [0.1, 0.15) is 25.7 Å². The second kappa shape index (κ2) is 8.86. The van der Waals surface area contributed by atoms with Crippen LogP contribution in [0.2, 0.25) is 0 Å². The Morgan fingerprint density at radius 2 is 1.17 bits per heavy atom. The summed E-state index contributed by atoms with van der Waals surface area (Å²) in [6.07, 6.45) is 4.87. The summed E-state index contributed by atoms with van der Waals surface area (Å²) in [5.41, 5.74) is 2.46. The standard InChI is InChI=1S/C25H33N3O2/c1-26-24-8-6-20(29-16-4-14-27-10-2-11-27)18-22(24)23-19-21(7-9-25(23)26)30-17-5-15-28-12-3-13-28/h6-9,18-19H,2-5,10-17H2,1H3. The van der Waals surface area contributed by atoms with Gasteiger partial charge in [-0.15, -0.1) is 0 Å². The zero-order valence-corrected chi connectivity index (χ0v) is 18.1. The molecule has 30 heavy (non-hydrogen) atoms. The summed E-state index contributed by atoms with van der Waals surface area (Å²) in [6.45, 7) is 8.87. The third-order valence-electron chi connectivity index (χ3n) is 6.62. The number of rotatable bonds is 10. The molecule has 0 radical (unpaired) electrons. The maximum atomic E-state index is 6.07. The van der Waals surface area contributed by atoms with Crippen LogP contribution in [0, 0.1) is 0 Å². The van der Waals surface area contributed by atoms with Crippen LogP contribution in [-0.4, -0.2) is 66.8 Å². The van der Waals surface area contributed by atoms with Gasteiger partial charge in [-0.05, 0) is 88.3 Å². The first-order chi connectivity index (χ1) is 14.8. The van der Waals surface area contributed by atoms with Gasteiger partial charge in [0.05, 0.1) is 13.2 Å². The average molecular weight is 408 g/mol. The summed E-state index contributed by atoms with van der Waals surface area (Å²) < 4.78 is 14.4. The van der Waals surface area contributed by atoms with Gasteiger partial charge in [-0.3, -0.25) is 0 Å². The predicted octanol–water partition coefficient (Wildman–Crippen LogP) is 4.28. The van der Waals surface area contributed by atoms with E-state index >= 15 is 0 Å². The largest absolute Gasteiger partial charge is 0.494 e. The molecule has 0 aliphatic carbocycles. The van der Waals surface area contributed by atoms with Crippen LogP contribution >= 0.6 is 0 Å². The third kappa shape index (κ3) is 4.14. The van der Waals surface area contributed by atoms with E-state index in [0.717, 1.165) is 50.6 Å². The second-order valence-corrected chi connectivity index (χ2v) is 8.71. The van der Waals surface area contributed by atoms with Gasteiger partial charge in [0.15, 0.2) is 0 Å². The molecular weight excluding hydrogens is 374 g/mol. The molecule has 3 heterocycles. The highest BCUT2D eigenvalue weighted by atomic mass is 16.5. The second-order valence-electron chi connectivity index (χ2n) is 8.71. The normalized spacial score (nSPS) is 17.2.